The minimum atomic E-state index is -3.67. The zero-order valence-electron chi connectivity index (χ0n) is 18.9. The molecule has 6 nitrogen and oxygen atoms in total. The zero-order valence-corrected chi connectivity index (χ0v) is 21.3. The molecule has 182 valence electrons. The van der Waals surface area contributed by atoms with Crippen molar-refractivity contribution in [3.8, 4) is 0 Å². The average Bonchev–Trinajstić information content (AvgIpc) is 2.81. The van der Waals surface area contributed by atoms with Crippen molar-refractivity contribution >= 4 is 39.8 Å². The molecule has 0 aliphatic heterocycles. The van der Waals surface area contributed by atoms with Gasteiger partial charge in [-0.2, -0.15) is 0 Å². The number of aliphatic hydroxyl groups excluding tert-OH is 1. The maximum Gasteiger partial charge on any atom is 0.253 e. The molecule has 0 heterocycles. The number of hydrogen-bond donors (Lipinski definition) is 2. The number of benzene rings is 3. The van der Waals surface area contributed by atoms with E-state index in [1.54, 1.807) is 56.6 Å². The molecule has 0 aromatic heterocycles. The van der Waals surface area contributed by atoms with Crippen LogP contribution in [0.15, 0.2) is 82.6 Å². The number of sulfone groups is 1. The quantitative estimate of drug-likeness (QED) is 0.412. The molecule has 2 N–H and O–H groups in total. The highest BCUT2D eigenvalue weighted by Gasteiger charge is 2.18. The number of aliphatic hydroxyl groups is 1. The standard InChI is InChI=1S/C25H27ClN2O4S.ClH/c1-28(2)25(30)19-8-12-23(13-9-19)33(31,32)22-10-6-18(7-11-22)14-15-27-17-24(29)20-4-3-5-21(26)16-20;/h3-13,16,24,27,29H,14-15,17H2,1-2H3;1H/t24-;/m0./s1. The van der Waals surface area contributed by atoms with Crippen molar-refractivity contribution in [2.24, 2.45) is 0 Å². The van der Waals surface area contributed by atoms with E-state index in [4.69, 9.17) is 11.6 Å². The van der Waals surface area contributed by atoms with Gasteiger partial charge in [0.2, 0.25) is 9.84 Å². The van der Waals surface area contributed by atoms with Crippen LogP contribution in [0.5, 0.6) is 0 Å². The van der Waals surface area contributed by atoms with Gasteiger partial charge in [0.1, 0.15) is 0 Å². The van der Waals surface area contributed by atoms with Crippen molar-refractivity contribution in [3.05, 3.63) is 94.5 Å². The first-order valence-electron chi connectivity index (χ1n) is 10.5. The molecule has 0 fully saturated rings. The van der Waals surface area contributed by atoms with Gasteiger partial charge < -0.3 is 15.3 Å². The Morgan fingerprint density at radius 2 is 1.59 bits per heavy atom. The molecule has 1 amide bonds. The second-order valence-corrected chi connectivity index (χ2v) is 10.3. The summed E-state index contributed by atoms with van der Waals surface area (Å²) in [6.07, 6.45) is 0.0276. The summed E-state index contributed by atoms with van der Waals surface area (Å²) in [7, 11) is -0.385. The summed E-state index contributed by atoms with van der Waals surface area (Å²) < 4.78 is 25.8. The predicted molar refractivity (Wildman–Crippen MR) is 137 cm³/mol. The van der Waals surface area contributed by atoms with Gasteiger partial charge in [-0.05, 0) is 72.6 Å². The Bertz CT molecular complexity index is 1200. The molecule has 0 spiro atoms. The SMILES string of the molecule is CN(C)C(=O)c1ccc(S(=O)(=O)c2ccc(CCNC[C@H](O)c3cccc(Cl)c3)cc2)cc1.Cl. The number of nitrogens with zero attached hydrogens (tertiary/aromatic N) is 1. The molecular weight excluding hydrogens is 495 g/mol. The number of amides is 1. The van der Waals surface area contributed by atoms with Gasteiger partial charge in [0.05, 0.1) is 15.9 Å². The van der Waals surface area contributed by atoms with E-state index in [9.17, 15) is 18.3 Å². The van der Waals surface area contributed by atoms with Crippen LogP contribution in [0.2, 0.25) is 5.02 Å². The van der Waals surface area contributed by atoms with Crippen molar-refractivity contribution < 1.29 is 18.3 Å². The fourth-order valence-electron chi connectivity index (χ4n) is 3.31. The Balaban J connectivity index is 0.00000408. The molecule has 3 aromatic rings. The van der Waals surface area contributed by atoms with Crippen LogP contribution in [0.25, 0.3) is 0 Å². The Labute approximate surface area is 211 Å². The minimum Gasteiger partial charge on any atom is -0.387 e. The maximum absolute atomic E-state index is 12.9. The highest BCUT2D eigenvalue weighted by molar-refractivity contribution is 7.91. The fourth-order valence-corrected chi connectivity index (χ4v) is 4.77. The summed E-state index contributed by atoms with van der Waals surface area (Å²) in [5.41, 5.74) is 2.16. The van der Waals surface area contributed by atoms with Gasteiger partial charge in [0.25, 0.3) is 5.91 Å². The van der Waals surface area contributed by atoms with E-state index in [1.165, 1.54) is 29.2 Å². The number of hydrogen-bond acceptors (Lipinski definition) is 5. The first-order chi connectivity index (χ1) is 15.7. The molecule has 3 rings (SSSR count). The van der Waals surface area contributed by atoms with Gasteiger partial charge in [0, 0.05) is 31.2 Å². The molecule has 34 heavy (non-hydrogen) atoms. The molecule has 0 aliphatic rings. The maximum atomic E-state index is 12.9. The Morgan fingerprint density at radius 3 is 2.15 bits per heavy atom. The van der Waals surface area contributed by atoms with Crippen LogP contribution in [-0.2, 0) is 16.3 Å². The van der Waals surface area contributed by atoms with Crippen molar-refractivity contribution in [3.63, 3.8) is 0 Å². The molecule has 3 aromatic carbocycles. The Kier molecular flexibility index (Phi) is 10.1. The molecule has 0 bridgehead atoms. The van der Waals surface area contributed by atoms with E-state index in [-0.39, 0.29) is 28.1 Å². The number of rotatable bonds is 9. The van der Waals surface area contributed by atoms with Gasteiger partial charge in [-0.3, -0.25) is 4.79 Å². The fraction of sp³-hybridized carbons (Fsp3) is 0.240. The lowest BCUT2D eigenvalue weighted by Gasteiger charge is -2.13. The lowest BCUT2D eigenvalue weighted by molar-refractivity contribution is 0.0827. The number of carbonyl (C=O) groups is 1. The molecule has 0 saturated carbocycles. The molecule has 0 aliphatic carbocycles. The lowest BCUT2D eigenvalue weighted by atomic mass is 10.1. The molecule has 0 saturated heterocycles. The second kappa shape index (κ2) is 12.3. The summed E-state index contributed by atoms with van der Waals surface area (Å²) in [6.45, 7) is 1.02. The average molecular weight is 523 g/mol. The third-order valence-corrected chi connectivity index (χ3v) is 7.23. The van der Waals surface area contributed by atoms with E-state index in [1.807, 2.05) is 6.07 Å². The topological polar surface area (TPSA) is 86.7 Å². The smallest absolute Gasteiger partial charge is 0.253 e. The first-order valence-corrected chi connectivity index (χ1v) is 12.3. The predicted octanol–water partition coefficient (Wildman–Crippen LogP) is 4.16. The Hall–Kier alpha value is -2.42. The summed E-state index contributed by atoms with van der Waals surface area (Å²) >= 11 is 5.96. The van der Waals surface area contributed by atoms with Crippen molar-refractivity contribution in [1.82, 2.24) is 10.2 Å². The second-order valence-electron chi connectivity index (χ2n) is 7.90. The third kappa shape index (κ3) is 7.04. The van der Waals surface area contributed by atoms with Crippen LogP contribution in [0.1, 0.15) is 27.6 Å². The summed E-state index contributed by atoms with van der Waals surface area (Å²) in [5, 5.41) is 14.0. The van der Waals surface area contributed by atoms with Crippen LogP contribution in [0.4, 0.5) is 0 Å². The molecule has 0 unspecified atom stereocenters. The molecule has 9 heteroatoms. The summed E-state index contributed by atoms with van der Waals surface area (Å²) in [6, 6.07) is 19.8. The normalized spacial score (nSPS) is 12.0. The van der Waals surface area contributed by atoms with E-state index in [0.29, 0.717) is 30.1 Å². The lowest BCUT2D eigenvalue weighted by Crippen LogP contribution is -2.23. The van der Waals surface area contributed by atoms with Gasteiger partial charge in [0.15, 0.2) is 0 Å². The summed E-state index contributed by atoms with van der Waals surface area (Å²) in [4.78, 5) is 13.8. The Morgan fingerprint density at radius 1 is 1.00 bits per heavy atom. The van der Waals surface area contributed by atoms with Gasteiger partial charge in [-0.25, -0.2) is 8.42 Å². The number of carbonyl (C=O) groups excluding carboxylic acids is 1. The van der Waals surface area contributed by atoms with E-state index < -0.39 is 15.9 Å². The largest absolute Gasteiger partial charge is 0.387 e. The van der Waals surface area contributed by atoms with Crippen LogP contribution in [-0.4, -0.2) is 51.5 Å². The highest BCUT2D eigenvalue weighted by atomic mass is 35.5. The number of halogens is 2. The highest BCUT2D eigenvalue weighted by Crippen LogP contribution is 2.22. The third-order valence-electron chi connectivity index (χ3n) is 5.21. The number of nitrogens with one attached hydrogen (secondary N) is 1. The first kappa shape index (κ1) is 27.8. The van der Waals surface area contributed by atoms with Crippen molar-refractivity contribution in [1.29, 1.82) is 0 Å². The van der Waals surface area contributed by atoms with Gasteiger partial charge >= 0.3 is 0 Å². The van der Waals surface area contributed by atoms with E-state index in [2.05, 4.69) is 5.32 Å². The zero-order chi connectivity index (χ0) is 24.0. The van der Waals surface area contributed by atoms with Crippen LogP contribution in [0, 0.1) is 0 Å². The summed E-state index contributed by atoms with van der Waals surface area (Å²) in [5.74, 6) is -0.183. The van der Waals surface area contributed by atoms with E-state index >= 15 is 0 Å². The monoisotopic (exact) mass is 522 g/mol. The van der Waals surface area contributed by atoms with E-state index in [0.717, 1.165) is 11.1 Å². The molecule has 1 atom stereocenters. The van der Waals surface area contributed by atoms with Crippen molar-refractivity contribution in [2.75, 3.05) is 27.2 Å². The van der Waals surface area contributed by atoms with Crippen LogP contribution >= 0.6 is 24.0 Å². The van der Waals surface area contributed by atoms with Crippen LogP contribution < -0.4 is 5.32 Å². The minimum absolute atomic E-state index is 0. The molecular formula is C25H28Cl2N2O4S. The van der Waals surface area contributed by atoms with Gasteiger partial charge in [-0.1, -0.05) is 35.9 Å². The van der Waals surface area contributed by atoms with Crippen molar-refractivity contribution in [2.45, 2.75) is 22.3 Å². The molecule has 0 radical (unpaired) electrons. The van der Waals surface area contributed by atoms with Crippen LogP contribution in [0.3, 0.4) is 0 Å². The van der Waals surface area contributed by atoms with Gasteiger partial charge in [-0.15, -0.1) is 12.4 Å².